The van der Waals surface area contributed by atoms with Crippen LogP contribution in [0.25, 0.3) is 0 Å². The van der Waals surface area contributed by atoms with E-state index < -0.39 is 53.2 Å². The molecule has 3 aliphatic heterocycles. The average molecular weight is 817 g/mol. The second kappa shape index (κ2) is 18.7. The molecule has 1 spiro atoms. The van der Waals surface area contributed by atoms with Gasteiger partial charge in [-0.15, -0.1) is 13.2 Å². The number of methoxy groups -OCH3 is 1. The number of aliphatic hydroxyl groups excluding tert-OH is 1. The number of nitrogens with one attached hydrogen (secondary N) is 1. The van der Waals surface area contributed by atoms with E-state index >= 15 is 4.79 Å². The Balaban J connectivity index is 1.75. The quantitative estimate of drug-likeness (QED) is 0.0679. The Morgan fingerprint density at radius 1 is 1.11 bits per heavy atom. The molecule has 4 rings (SSSR count). The van der Waals surface area contributed by atoms with Crippen molar-refractivity contribution in [3.8, 4) is 0 Å². The van der Waals surface area contributed by atoms with E-state index in [0.29, 0.717) is 44.2 Å². The highest BCUT2D eigenvalue weighted by atomic mass is 79.9. The van der Waals surface area contributed by atoms with E-state index in [1.54, 1.807) is 17.1 Å². The number of allylic oxidation sites excluding steroid dienone is 1. The number of rotatable bonds is 21. The predicted octanol–water partition coefficient (Wildman–Crippen LogP) is 5.90. The Labute approximate surface area is 330 Å². The van der Waals surface area contributed by atoms with Crippen LogP contribution in [0.1, 0.15) is 97.7 Å². The van der Waals surface area contributed by atoms with Gasteiger partial charge in [-0.25, -0.2) is 0 Å². The van der Waals surface area contributed by atoms with Crippen LogP contribution in [-0.2, 0) is 33.4 Å². The summed E-state index contributed by atoms with van der Waals surface area (Å²) < 4.78 is 18.7. The smallest absolute Gasteiger partial charge is 0.313 e. The van der Waals surface area contributed by atoms with E-state index in [1.807, 2.05) is 49.1 Å². The zero-order valence-corrected chi connectivity index (χ0v) is 34.6. The number of nitrogens with zero attached hydrogens (tertiary/aromatic N) is 2. The van der Waals surface area contributed by atoms with Crippen molar-refractivity contribution >= 4 is 39.6 Å². The van der Waals surface area contributed by atoms with Gasteiger partial charge in [0.1, 0.15) is 17.7 Å². The summed E-state index contributed by atoms with van der Waals surface area (Å²) in [5.41, 5.74) is -1.30. The van der Waals surface area contributed by atoms with E-state index in [1.165, 1.54) is 7.11 Å². The summed E-state index contributed by atoms with van der Waals surface area (Å²) in [7, 11) is 1.51. The maximum Gasteiger partial charge on any atom is 0.313 e. The van der Waals surface area contributed by atoms with E-state index in [0.717, 1.165) is 12.8 Å². The van der Waals surface area contributed by atoms with Crippen molar-refractivity contribution in [3.63, 3.8) is 0 Å². The Kier molecular flexibility index (Phi) is 15.1. The molecule has 54 heavy (non-hydrogen) atoms. The van der Waals surface area contributed by atoms with Crippen molar-refractivity contribution in [1.29, 1.82) is 0 Å². The number of halogens is 1. The number of esters is 1. The maximum absolute atomic E-state index is 15.1. The molecular formula is C42H62BrN3O8. The zero-order valence-electron chi connectivity index (χ0n) is 33.1. The number of aliphatic hydroxyl groups is 1. The zero-order chi connectivity index (χ0) is 39.8. The SMILES string of the molecule is C=CCCC(=O)N[C@@H](COC)[C@@H](OC(=O)[C@@H]1[C@H]2O[C@@]3(CC2Br)[C@H](C(=O)N(CC=C)C(C)(C)CC(C)(C)C)N(CCCCCCO)C(=O)[C@@H]13)c1ccccc1. The molecule has 0 aromatic heterocycles. The molecule has 0 radical (unpaired) electrons. The Bertz CT molecular complexity index is 1480. The molecule has 8 atom stereocenters. The Morgan fingerprint density at radius 2 is 1.80 bits per heavy atom. The van der Waals surface area contributed by atoms with Gasteiger partial charge < -0.3 is 34.4 Å². The maximum atomic E-state index is 15.1. The number of hydrogen-bond acceptors (Lipinski definition) is 8. The van der Waals surface area contributed by atoms with Gasteiger partial charge in [-0.1, -0.05) is 92.0 Å². The van der Waals surface area contributed by atoms with Crippen molar-refractivity contribution in [2.45, 2.75) is 126 Å². The molecule has 11 nitrogen and oxygen atoms in total. The largest absolute Gasteiger partial charge is 0.455 e. The number of carbonyl (C=O) groups is 4. The molecule has 1 aromatic rings. The summed E-state index contributed by atoms with van der Waals surface area (Å²) in [6.45, 7) is 18.9. The normalized spacial score (nSPS) is 25.9. The lowest BCUT2D eigenvalue weighted by Crippen LogP contribution is -2.61. The van der Waals surface area contributed by atoms with Gasteiger partial charge in [-0.2, -0.15) is 0 Å². The minimum absolute atomic E-state index is 0.0642. The molecule has 3 heterocycles. The van der Waals surface area contributed by atoms with Crippen LogP contribution < -0.4 is 5.32 Å². The van der Waals surface area contributed by atoms with Crippen LogP contribution in [0.5, 0.6) is 0 Å². The monoisotopic (exact) mass is 815 g/mol. The second-order valence-corrected chi connectivity index (χ2v) is 18.0. The van der Waals surface area contributed by atoms with Crippen molar-refractivity contribution < 1.29 is 38.5 Å². The number of ether oxygens (including phenoxy) is 3. The molecule has 2 N–H and O–H groups in total. The first-order chi connectivity index (χ1) is 25.6. The fraction of sp³-hybridized carbons (Fsp3) is 0.667. The summed E-state index contributed by atoms with van der Waals surface area (Å²) in [6.07, 6.45) is 6.32. The lowest BCUT2D eigenvalue weighted by Gasteiger charge is -2.45. The fourth-order valence-corrected chi connectivity index (χ4v) is 10.0. The van der Waals surface area contributed by atoms with Crippen molar-refractivity contribution in [1.82, 2.24) is 15.1 Å². The van der Waals surface area contributed by atoms with Crippen LogP contribution in [-0.4, -0.2) is 106 Å². The van der Waals surface area contributed by atoms with Gasteiger partial charge in [0, 0.05) is 43.6 Å². The molecule has 3 saturated heterocycles. The van der Waals surface area contributed by atoms with E-state index in [-0.39, 0.29) is 54.1 Å². The summed E-state index contributed by atoms with van der Waals surface area (Å²) in [5.74, 6) is -3.36. The van der Waals surface area contributed by atoms with E-state index in [4.69, 9.17) is 14.2 Å². The molecule has 3 aliphatic rings. The highest BCUT2D eigenvalue weighted by Crippen LogP contribution is 2.61. The highest BCUT2D eigenvalue weighted by Gasteiger charge is 2.77. The fourth-order valence-electron chi connectivity index (χ4n) is 9.10. The van der Waals surface area contributed by atoms with Crippen molar-refractivity contribution in [3.05, 3.63) is 61.2 Å². The third kappa shape index (κ3) is 9.65. The van der Waals surface area contributed by atoms with Crippen LogP contribution in [0.2, 0.25) is 0 Å². The average Bonchev–Trinajstić information content (AvgIpc) is 3.70. The lowest BCUT2D eigenvalue weighted by atomic mass is 9.70. The van der Waals surface area contributed by atoms with Crippen molar-refractivity contribution in [2.75, 3.05) is 33.4 Å². The topological polar surface area (TPSA) is 135 Å². The summed E-state index contributed by atoms with van der Waals surface area (Å²) in [5, 5.41) is 12.3. The predicted molar refractivity (Wildman–Crippen MR) is 212 cm³/mol. The van der Waals surface area contributed by atoms with Gasteiger partial charge in [0.25, 0.3) is 0 Å². The number of benzene rings is 1. The molecule has 1 unspecified atom stereocenters. The van der Waals surface area contributed by atoms with E-state index in [9.17, 15) is 19.5 Å². The third-order valence-corrected chi connectivity index (χ3v) is 11.7. The molecule has 3 amide bonds. The first-order valence-electron chi connectivity index (χ1n) is 19.4. The molecular weight excluding hydrogens is 754 g/mol. The van der Waals surface area contributed by atoms with Crippen LogP contribution >= 0.6 is 15.9 Å². The van der Waals surface area contributed by atoms with Gasteiger partial charge in [0.05, 0.1) is 30.6 Å². The number of likely N-dealkylation sites (tertiary alicyclic amines) is 1. The number of hydrogen-bond donors (Lipinski definition) is 2. The summed E-state index contributed by atoms with van der Waals surface area (Å²) in [6, 6.07) is 7.46. The molecule has 0 aliphatic carbocycles. The number of fused-ring (bicyclic) bond motifs is 1. The Morgan fingerprint density at radius 3 is 2.41 bits per heavy atom. The van der Waals surface area contributed by atoms with Crippen LogP contribution in [0.4, 0.5) is 0 Å². The molecule has 1 aromatic carbocycles. The van der Waals surface area contributed by atoms with Crippen LogP contribution in [0.15, 0.2) is 55.6 Å². The number of alkyl halides is 1. The molecule has 0 saturated carbocycles. The molecule has 300 valence electrons. The lowest BCUT2D eigenvalue weighted by molar-refractivity contribution is -0.163. The highest BCUT2D eigenvalue weighted by molar-refractivity contribution is 9.09. The summed E-state index contributed by atoms with van der Waals surface area (Å²) >= 11 is 3.79. The van der Waals surface area contributed by atoms with Gasteiger partial charge >= 0.3 is 5.97 Å². The minimum Gasteiger partial charge on any atom is -0.455 e. The number of unbranched alkanes of at least 4 members (excludes halogenated alkanes) is 3. The van der Waals surface area contributed by atoms with Gasteiger partial charge in [0.15, 0.2) is 0 Å². The standard InChI is InChI=1S/C42H62BrN3O8/c1-9-11-21-31(48)44-30(26-52-8)34(28-19-15-14-16-20-28)53-39(51)32-33-37(49)45(23-17-12-13-18-24-47)36(42(33)25-29(43)35(32)54-42)38(50)46(22-10-2)41(6,7)27-40(3,4)5/h9-10,14-16,19-20,29-30,32-36,47H,1-2,11-13,17-18,21-27H2,3-8H3,(H,44,48)/t29?,30-,32-,33+,34-,35-,36-,42+/m0/s1. The Hall–Kier alpha value is -3.06. The van der Waals surface area contributed by atoms with Crippen molar-refractivity contribution in [2.24, 2.45) is 17.3 Å². The minimum atomic E-state index is -1.27. The first kappa shape index (κ1) is 43.7. The van der Waals surface area contributed by atoms with Gasteiger partial charge in [-0.05, 0) is 56.9 Å². The van der Waals surface area contributed by atoms with E-state index in [2.05, 4.69) is 55.2 Å². The third-order valence-electron chi connectivity index (χ3n) is 10.9. The number of carbonyl (C=O) groups excluding carboxylic acids is 4. The van der Waals surface area contributed by atoms with Gasteiger partial charge in [0.2, 0.25) is 17.7 Å². The van der Waals surface area contributed by atoms with Gasteiger partial charge in [-0.3, -0.25) is 19.2 Å². The first-order valence-corrected chi connectivity index (χ1v) is 20.3. The van der Waals surface area contributed by atoms with Crippen LogP contribution in [0.3, 0.4) is 0 Å². The van der Waals surface area contributed by atoms with Crippen LogP contribution in [0, 0.1) is 17.3 Å². The number of amides is 3. The molecule has 12 heteroatoms. The second-order valence-electron chi connectivity index (χ2n) is 16.8. The molecule has 3 fully saturated rings. The summed E-state index contributed by atoms with van der Waals surface area (Å²) in [4.78, 5) is 60.8. The molecule has 2 bridgehead atoms.